The molecule has 132 valence electrons. The molecule has 0 aromatic carbocycles. The van der Waals surface area contributed by atoms with Crippen LogP contribution in [0, 0.1) is 22.7 Å². The van der Waals surface area contributed by atoms with E-state index < -0.39 is 0 Å². The molecule has 3 saturated heterocycles. The minimum Gasteiger partial charge on any atom is -0.341 e. The molecule has 0 aromatic heterocycles. The highest BCUT2D eigenvalue weighted by Crippen LogP contribution is 2.43. The Balaban J connectivity index is 1.52. The Hall–Kier alpha value is -0.610. The molecule has 0 radical (unpaired) electrons. The van der Waals surface area contributed by atoms with Gasteiger partial charge in [0.05, 0.1) is 5.92 Å². The monoisotopic (exact) mass is 321 g/mol. The van der Waals surface area contributed by atoms with Crippen LogP contribution in [-0.4, -0.2) is 72.5 Å². The molecule has 0 unspecified atom stereocenters. The number of amides is 1. The van der Waals surface area contributed by atoms with Crippen LogP contribution in [-0.2, 0) is 4.79 Å². The first-order valence-corrected chi connectivity index (χ1v) is 9.37. The third-order valence-corrected chi connectivity index (χ3v) is 6.10. The zero-order valence-electron chi connectivity index (χ0n) is 15.9. The van der Waals surface area contributed by atoms with E-state index in [1.54, 1.807) is 0 Å². The Kier molecular flexibility index (Phi) is 4.29. The van der Waals surface area contributed by atoms with Crippen molar-refractivity contribution in [3.63, 3.8) is 0 Å². The second-order valence-electron chi connectivity index (χ2n) is 9.82. The molecule has 4 nitrogen and oxygen atoms in total. The minimum absolute atomic E-state index is 0.105. The van der Waals surface area contributed by atoms with E-state index in [0.717, 1.165) is 32.1 Å². The minimum atomic E-state index is 0.105. The van der Waals surface area contributed by atoms with Gasteiger partial charge in [-0.15, -0.1) is 0 Å². The van der Waals surface area contributed by atoms with Crippen molar-refractivity contribution in [2.75, 3.05) is 45.8 Å². The first-order chi connectivity index (χ1) is 10.6. The molecular formula is C19H35N3O. The van der Waals surface area contributed by atoms with Gasteiger partial charge in [0, 0.05) is 57.3 Å². The van der Waals surface area contributed by atoms with Crippen LogP contribution in [0.5, 0.6) is 0 Å². The van der Waals surface area contributed by atoms with Crippen LogP contribution in [0.4, 0.5) is 0 Å². The summed E-state index contributed by atoms with van der Waals surface area (Å²) in [6, 6.07) is 0.533. The van der Waals surface area contributed by atoms with Crippen LogP contribution in [0.2, 0.25) is 0 Å². The van der Waals surface area contributed by atoms with Crippen molar-refractivity contribution < 1.29 is 4.79 Å². The summed E-state index contributed by atoms with van der Waals surface area (Å²) in [4.78, 5) is 20.1. The molecule has 0 saturated carbocycles. The number of nitrogens with zero attached hydrogens (tertiary/aromatic N) is 3. The molecule has 0 N–H and O–H groups in total. The standard InChI is InChI=1S/C19H35N3O/c1-14(2)7-20-10-19(11-20)12-22(13-19)17(23)16-8-21(15(3)4)9-18(16,5)6/h14-16H,7-13H2,1-6H3/t16-/m1/s1. The molecule has 3 rings (SSSR count). The maximum Gasteiger partial charge on any atom is 0.227 e. The van der Waals surface area contributed by atoms with Gasteiger partial charge in [-0.2, -0.15) is 0 Å². The Morgan fingerprint density at radius 1 is 1.04 bits per heavy atom. The van der Waals surface area contributed by atoms with Crippen molar-refractivity contribution >= 4 is 5.91 Å². The predicted molar refractivity (Wildman–Crippen MR) is 94.3 cm³/mol. The van der Waals surface area contributed by atoms with Crippen molar-refractivity contribution in [3.05, 3.63) is 0 Å². The third-order valence-electron chi connectivity index (χ3n) is 6.10. The second-order valence-corrected chi connectivity index (χ2v) is 9.82. The van der Waals surface area contributed by atoms with E-state index in [9.17, 15) is 4.79 Å². The normalized spacial score (nSPS) is 30.1. The molecule has 0 bridgehead atoms. The number of likely N-dealkylation sites (tertiary alicyclic amines) is 3. The fraction of sp³-hybridized carbons (Fsp3) is 0.947. The Morgan fingerprint density at radius 2 is 1.65 bits per heavy atom. The molecule has 3 heterocycles. The van der Waals surface area contributed by atoms with Crippen molar-refractivity contribution in [2.24, 2.45) is 22.7 Å². The van der Waals surface area contributed by atoms with Gasteiger partial charge in [0.1, 0.15) is 0 Å². The summed E-state index contributed by atoms with van der Waals surface area (Å²) in [6.45, 7) is 21.1. The van der Waals surface area contributed by atoms with Crippen molar-refractivity contribution in [2.45, 2.75) is 47.6 Å². The largest absolute Gasteiger partial charge is 0.341 e. The highest BCUT2D eigenvalue weighted by atomic mass is 16.2. The quantitative estimate of drug-likeness (QED) is 0.794. The number of hydrogen-bond acceptors (Lipinski definition) is 3. The van der Waals surface area contributed by atoms with E-state index in [-0.39, 0.29) is 11.3 Å². The van der Waals surface area contributed by atoms with Crippen molar-refractivity contribution in [1.82, 2.24) is 14.7 Å². The highest BCUT2D eigenvalue weighted by Gasteiger charge is 2.55. The van der Waals surface area contributed by atoms with Crippen LogP contribution in [0.3, 0.4) is 0 Å². The molecule has 3 aliphatic heterocycles. The number of hydrogen-bond donors (Lipinski definition) is 0. The van der Waals surface area contributed by atoms with E-state index in [1.807, 2.05) is 0 Å². The lowest BCUT2D eigenvalue weighted by Crippen LogP contribution is -2.73. The van der Waals surface area contributed by atoms with Crippen LogP contribution >= 0.6 is 0 Å². The van der Waals surface area contributed by atoms with E-state index >= 15 is 0 Å². The summed E-state index contributed by atoms with van der Waals surface area (Å²) < 4.78 is 0. The van der Waals surface area contributed by atoms with Crippen LogP contribution in [0.15, 0.2) is 0 Å². The van der Waals surface area contributed by atoms with Gasteiger partial charge in [0.2, 0.25) is 5.91 Å². The SMILES string of the molecule is CC(C)CN1CC2(C1)CN(C(=O)[C@H]1CN(C(C)C)CC1(C)C)C2. The molecule has 0 aromatic rings. The highest BCUT2D eigenvalue weighted by molar-refractivity contribution is 5.81. The van der Waals surface area contributed by atoms with Gasteiger partial charge >= 0.3 is 0 Å². The maximum atomic E-state index is 13.0. The summed E-state index contributed by atoms with van der Waals surface area (Å²) in [7, 11) is 0. The van der Waals surface area contributed by atoms with Crippen LogP contribution in [0.1, 0.15) is 41.5 Å². The first-order valence-electron chi connectivity index (χ1n) is 9.37. The topological polar surface area (TPSA) is 26.8 Å². The van der Waals surface area contributed by atoms with Crippen LogP contribution in [0.25, 0.3) is 0 Å². The number of carbonyl (C=O) groups is 1. The van der Waals surface area contributed by atoms with E-state index in [0.29, 0.717) is 17.4 Å². The molecule has 3 fully saturated rings. The smallest absolute Gasteiger partial charge is 0.227 e. The molecule has 0 aliphatic carbocycles. The molecule has 4 heteroatoms. The molecule has 1 atom stereocenters. The summed E-state index contributed by atoms with van der Waals surface area (Å²) in [6.07, 6.45) is 0. The Bertz CT molecular complexity index is 457. The lowest BCUT2D eigenvalue weighted by Gasteiger charge is -2.61. The Morgan fingerprint density at radius 3 is 2.13 bits per heavy atom. The van der Waals surface area contributed by atoms with E-state index in [1.165, 1.54) is 19.6 Å². The van der Waals surface area contributed by atoms with Crippen LogP contribution < -0.4 is 0 Å². The van der Waals surface area contributed by atoms with Gasteiger partial charge in [-0.1, -0.05) is 27.7 Å². The molecule has 23 heavy (non-hydrogen) atoms. The number of rotatable bonds is 4. The van der Waals surface area contributed by atoms with Gasteiger partial charge in [-0.3, -0.25) is 9.69 Å². The number of carbonyl (C=O) groups excluding carboxylic acids is 1. The van der Waals surface area contributed by atoms with E-state index in [2.05, 4.69) is 56.2 Å². The molecule has 3 aliphatic rings. The second kappa shape index (κ2) is 5.73. The lowest BCUT2D eigenvalue weighted by atomic mass is 9.71. The molecule has 1 spiro atoms. The van der Waals surface area contributed by atoms with E-state index in [4.69, 9.17) is 0 Å². The summed E-state index contributed by atoms with van der Waals surface area (Å²) in [5.74, 6) is 1.33. The fourth-order valence-corrected chi connectivity index (χ4v) is 4.87. The zero-order valence-corrected chi connectivity index (χ0v) is 15.9. The maximum absolute atomic E-state index is 13.0. The predicted octanol–water partition coefficient (Wildman–Crippen LogP) is 2.15. The summed E-state index contributed by atoms with van der Waals surface area (Å²) in [5, 5.41) is 0. The average Bonchev–Trinajstić information content (AvgIpc) is 2.65. The third kappa shape index (κ3) is 3.17. The summed E-state index contributed by atoms with van der Waals surface area (Å²) >= 11 is 0. The fourth-order valence-electron chi connectivity index (χ4n) is 4.87. The van der Waals surface area contributed by atoms with Crippen molar-refractivity contribution in [3.8, 4) is 0 Å². The van der Waals surface area contributed by atoms with Gasteiger partial charge in [-0.25, -0.2) is 0 Å². The summed E-state index contributed by atoms with van der Waals surface area (Å²) in [5.41, 5.74) is 0.540. The van der Waals surface area contributed by atoms with Gasteiger partial charge < -0.3 is 9.80 Å². The average molecular weight is 322 g/mol. The molecular weight excluding hydrogens is 286 g/mol. The van der Waals surface area contributed by atoms with Gasteiger partial charge in [-0.05, 0) is 25.2 Å². The first kappa shape index (κ1) is 17.2. The zero-order chi connectivity index (χ0) is 17.0. The van der Waals surface area contributed by atoms with Gasteiger partial charge in [0.25, 0.3) is 0 Å². The molecule has 1 amide bonds. The van der Waals surface area contributed by atoms with Crippen molar-refractivity contribution in [1.29, 1.82) is 0 Å². The van der Waals surface area contributed by atoms with Gasteiger partial charge in [0.15, 0.2) is 0 Å². The lowest BCUT2D eigenvalue weighted by molar-refractivity contribution is -0.165. The Labute approximate surface area is 142 Å².